The van der Waals surface area contributed by atoms with Crippen LogP contribution in [0.15, 0.2) is 11.1 Å². The summed E-state index contributed by atoms with van der Waals surface area (Å²) in [5, 5.41) is 9.03. The molecule has 0 aromatic carbocycles. The maximum absolute atomic E-state index is 9.03. The van der Waals surface area contributed by atoms with Crippen molar-refractivity contribution in [3.63, 3.8) is 0 Å². The number of aliphatic hydroxyl groups is 1. The number of hydrogen-bond acceptors (Lipinski definition) is 2. The Balaban J connectivity index is 2.30. The van der Waals surface area contributed by atoms with Gasteiger partial charge in [0, 0.05) is 23.7 Å². The van der Waals surface area contributed by atoms with Gasteiger partial charge in [0.05, 0.1) is 0 Å². The molecular formula is C11H20BrNO. The summed E-state index contributed by atoms with van der Waals surface area (Å²) in [4.78, 5) is 2.35. The molecule has 0 saturated heterocycles. The summed E-state index contributed by atoms with van der Waals surface area (Å²) in [6.45, 7) is 5.14. The normalized spacial score (nSPS) is 28.0. The Hall–Kier alpha value is 0.140. The van der Waals surface area contributed by atoms with Crippen molar-refractivity contribution in [1.82, 2.24) is 4.90 Å². The van der Waals surface area contributed by atoms with E-state index in [4.69, 9.17) is 5.11 Å². The predicted molar refractivity (Wildman–Crippen MR) is 63.5 cm³/mol. The summed E-state index contributed by atoms with van der Waals surface area (Å²) in [5.41, 5.74) is 0. The highest BCUT2D eigenvalue weighted by molar-refractivity contribution is 9.11. The van der Waals surface area contributed by atoms with Crippen molar-refractivity contribution >= 4 is 15.9 Å². The average Bonchev–Trinajstić information content (AvgIpc) is 2.17. The molecule has 1 saturated carbocycles. The highest BCUT2D eigenvalue weighted by atomic mass is 79.9. The highest BCUT2D eigenvalue weighted by Gasteiger charge is 2.23. The van der Waals surface area contributed by atoms with E-state index in [1.807, 2.05) is 0 Å². The zero-order valence-corrected chi connectivity index (χ0v) is 10.5. The molecule has 0 spiro atoms. The third kappa shape index (κ3) is 3.71. The minimum Gasteiger partial charge on any atom is -0.396 e. The van der Waals surface area contributed by atoms with E-state index in [1.165, 1.54) is 25.7 Å². The maximum Gasteiger partial charge on any atom is 0.0459 e. The van der Waals surface area contributed by atoms with Crippen LogP contribution in [-0.4, -0.2) is 36.2 Å². The standard InChI is InChI=1S/C11H20BrNO/c1-9(12)7-13(2)11-5-3-10(8-14)4-6-11/h10-11,14H,1,3-8H2,2H3. The first kappa shape index (κ1) is 12.2. The smallest absolute Gasteiger partial charge is 0.0459 e. The fourth-order valence-electron chi connectivity index (χ4n) is 2.17. The van der Waals surface area contributed by atoms with Crippen molar-refractivity contribution in [3.05, 3.63) is 11.1 Å². The molecule has 1 aliphatic carbocycles. The zero-order chi connectivity index (χ0) is 10.6. The van der Waals surface area contributed by atoms with Gasteiger partial charge in [-0.05, 0) is 38.6 Å². The van der Waals surface area contributed by atoms with Crippen molar-refractivity contribution in [3.8, 4) is 0 Å². The molecule has 0 aromatic rings. The van der Waals surface area contributed by atoms with E-state index < -0.39 is 0 Å². The summed E-state index contributed by atoms with van der Waals surface area (Å²) < 4.78 is 1.05. The van der Waals surface area contributed by atoms with Crippen molar-refractivity contribution in [1.29, 1.82) is 0 Å². The van der Waals surface area contributed by atoms with Crippen LogP contribution >= 0.6 is 15.9 Å². The molecule has 0 aliphatic heterocycles. The van der Waals surface area contributed by atoms with Crippen LogP contribution in [0, 0.1) is 5.92 Å². The minimum absolute atomic E-state index is 0.363. The van der Waals surface area contributed by atoms with E-state index in [1.54, 1.807) is 0 Å². The third-order valence-corrected chi connectivity index (χ3v) is 3.37. The van der Waals surface area contributed by atoms with Gasteiger partial charge < -0.3 is 5.11 Å². The van der Waals surface area contributed by atoms with Crippen LogP contribution in [0.2, 0.25) is 0 Å². The van der Waals surface area contributed by atoms with Gasteiger partial charge in [-0.2, -0.15) is 0 Å². The average molecular weight is 262 g/mol. The number of nitrogens with zero attached hydrogens (tertiary/aromatic N) is 1. The lowest BCUT2D eigenvalue weighted by atomic mass is 9.86. The van der Waals surface area contributed by atoms with Crippen molar-refractivity contribution < 1.29 is 5.11 Å². The van der Waals surface area contributed by atoms with Gasteiger partial charge in [-0.3, -0.25) is 4.90 Å². The highest BCUT2D eigenvalue weighted by Crippen LogP contribution is 2.27. The van der Waals surface area contributed by atoms with Crippen LogP contribution in [0.1, 0.15) is 25.7 Å². The van der Waals surface area contributed by atoms with Gasteiger partial charge in [-0.15, -0.1) is 0 Å². The van der Waals surface area contributed by atoms with Crippen molar-refractivity contribution in [2.24, 2.45) is 5.92 Å². The van der Waals surface area contributed by atoms with Gasteiger partial charge >= 0.3 is 0 Å². The molecule has 0 radical (unpaired) electrons. The van der Waals surface area contributed by atoms with Crippen LogP contribution in [0.5, 0.6) is 0 Å². The van der Waals surface area contributed by atoms with Gasteiger partial charge in [0.2, 0.25) is 0 Å². The lowest BCUT2D eigenvalue weighted by Gasteiger charge is -2.34. The summed E-state index contributed by atoms with van der Waals surface area (Å²) >= 11 is 3.39. The van der Waals surface area contributed by atoms with Gasteiger partial charge in [-0.1, -0.05) is 22.5 Å². The van der Waals surface area contributed by atoms with Crippen molar-refractivity contribution in [2.75, 3.05) is 20.2 Å². The fraction of sp³-hybridized carbons (Fsp3) is 0.818. The van der Waals surface area contributed by atoms with E-state index in [9.17, 15) is 0 Å². The summed E-state index contributed by atoms with van der Waals surface area (Å²) in [6.07, 6.45) is 4.75. The maximum atomic E-state index is 9.03. The molecule has 0 aromatic heterocycles. The molecule has 0 amide bonds. The fourth-order valence-corrected chi connectivity index (χ4v) is 2.56. The van der Waals surface area contributed by atoms with Crippen LogP contribution in [0.4, 0.5) is 0 Å². The number of rotatable bonds is 4. The molecule has 3 heteroatoms. The Morgan fingerprint density at radius 3 is 2.43 bits per heavy atom. The van der Waals surface area contributed by atoms with Gasteiger partial charge in [0.1, 0.15) is 0 Å². The molecule has 0 bridgehead atoms. The van der Waals surface area contributed by atoms with Gasteiger partial charge in [0.25, 0.3) is 0 Å². The first-order valence-corrected chi connectivity index (χ1v) is 6.07. The molecule has 1 fully saturated rings. The van der Waals surface area contributed by atoms with Crippen LogP contribution in [0.25, 0.3) is 0 Å². The molecule has 1 aliphatic rings. The molecule has 0 unspecified atom stereocenters. The quantitative estimate of drug-likeness (QED) is 0.840. The van der Waals surface area contributed by atoms with E-state index in [2.05, 4.69) is 34.5 Å². The zero-order valence-electron chi connectivity index (χ0n) is 8.88. The topological polar surface area (TPSA) is 23.5 Å². The number of likely N-dealkylation sites (N-methyl/N-ethyl adjacent to an activating group) is 1. The SMILES string of the molecule is C=C(Br)CN(C)C1CCC(CO)CC1. The first-order chi connectivity index (χ1) is 6.63. The van der Waals surface area contributed by atoms with E-state index in [0.717, 1.165) is 11.0 Å². The second-order valence-corrected chi connectivity index (χ2v) is 5.41. The van der Waals surface area contributed by atoms with Crippen LogP contribution in [-0.2, 0) is 0 Å². The van der Waals surface area contributed by atoms with Crippen LogP contribution < -0.4 is 0 Å². The van der Waals surface area contributed by atoms with E-state index in [0.29, 0.717) is 18.6 Å². The molecule has 0 heterocycles. The second-order valence-electron chi connectivity index (χ2n) is 4.29. The van der Waals surface area contributed by atoms with E-state index in [-0.39, 0.29) is 0 Å². The molecule has 14 heavy (non-hydrogen) atoms. The molecule has 2 nitrogen and oxygen atoms in total. The summed E-state index contributed by atoms with van der Waals surface area (Å²) in [5.74, 6) is 0.548. The Kier molecular flexibility index (Phi) is 5.13. The van der Waals surface area contributed by atoms with Gasteiger partial charge in [0.15, 0.2) is 0 Å². The minimum atomic E-state index is 0.363. The number of aliphatic hydroxyl groups excluding tert-OH is 1. The Morgan fingerprint density at radius 1 is 1.43 bits per heavy atom. The monoisotopic (exact) mass is 261 g/mol. The molecule has 82 valence electrons. The molecule has 1 rings (SSSR count). The van der Waals surface area contributed by atoms with Gasteiger partial charge in [-0.25, -0.2) is 0 Å². The Morgan fingerprint density at radius 2 is 2.00 bits per heavy atom. The predicted octanol–water partition coefficient (Wildman–Crippen LogP) is 2.38. The van der Waals surface area contributed by atoms with Crippen molar-refractivity contribution in [2.45, 2.75) is 31.7 Å². The van der Waals surface area contributed by atoms with E-state index >= 15 is 0 Å². The lowest BCUT2D eigenvalue weighted by molar-refractivity contribution is 0.134. The number of halogens is 1. The Labute approximate surface area is 95.1 Å². The summed E-state index contributed by atoms with van der Waals surface area (Å²) in [6, 6.07) is 0.673. The van der Waals surface area contributed by atoms with Crippen LogP contribution in [0.3, 0.4) is 0 Å². The Bertz CT molecular complexity index is 188. The lowest BCUT2D eigenvalue weighted by Crippen LogP contribution is -2.36. The second kappa shape index (κ2) is 5.89. The largest absolute Gasteiger partial charge is 0.396 e. The molecule has 0 atom stereocenters. The molecule has 1 N–H and O–H groups in total. The number of hydrogen-bond donors (Lipinski definition) is 1. The third-order valence-electron chi connectivity index (χ3n) is 3.12. The first-order valence-electron chi connectivity index (χ1n) is 5.28. The molecular weight excluding hydrogens is 242 g/mol. The summed E-state index contributed by atoms with van der Waals surface area (Å²) in [7, 11) is 2.15.